The summed E-state index contributed by atoms with van der Waals surface area (Å²) < 4.78 is 10.7. The normalized spacial score (nSPS) is 11.2. The Morgan fingerprint density at radius 3 is 0.925 bits per heavy atom. The van der Waals surface area contributed by atoms with Crippen molar-refractivity contribution in [2.45, 2.75) is 181 Å². The van der Waals surface area contributed by atoms with Crippen molar-refractivity contribution >= 4 is 33.5 Å². The molecule has 0 aliphatic rings. The predicted molar refractivity (Wildman–Crippen MR) is 178 cm³/mol. The molecule has 6 heteroatoms. The first-order valence-electron chi connectivity index (χ1n) is 17.3. The maximum Gasteiger partial charge on any atom is 0.305 e. The van der Waals surface area contributed by atoms with Crippen molar-refractivity contribution in [3.8, 4) is 0 Å². The fourth-order valence-corrected chi connectivity index (χ4v) is 6.52. The molecule has 40 heavy (non-hydrogen) atoms. The summed E-state index contributed by atoms with van der Waals surface area (Å²) >= 11 is 0. The molecule has 0 unspecified atom stereocenters. The Morgan fingerprint density at radius 2 is 0.650 bits per heavy atom. The summed E-state index contributed by atoms with van der Waals surface area (Å²) in [5.74, 6) is 1.43. The Morgan fingerprint density at radius 1 is 0.400 bits per heavy atom. The van der Waals surface area contributed by atoms with Crippen molar-refractivity contribution in [2.75, 3.05) is 24.7 Å². The van der Waals surface area contributed by atoms with E-state index >= 15 is 0 Å². The molecule has 0 heterocycles. The van der Waals surface area contributed by atoms with Crippen LogP contribution in [-0.4, -0.2) is 36.7 Å². The fourth-order valence-electron chi connectivity index (χ4n) is 4.86. The molecule has 0 amide bonds. The van der Waals surface area contributed by atoms with E-state index < -0.39 is 0 Å². The highest BCUT2D eigenvalue weighted by Gasteiger charge is 2.05. The first kappa shape index (κ1) is 39.6. The molecule has 0 atom stereocenters. The number of unbranched alkanes of at least 4 members (excludes halogenated alkanes) is 22. The van der Waals surface area contributed by atoms with Crippen LogP contribution in [0.3, 0.4) is 0 Å². The Kier molecular flexibility index (Phi) is 34.5. The summed E-state index contributed by atoms with van der Waals surface area (Å²) in [7, 11) is 3.36. The number of ether oxygens (including phenoxy) is 2. The zero-order valence-electron chi connectivity index (χ0n) is 26.7. The average Bonchev–Trinajstić information content (AvgIpc) is 2.95. The lowest BCUT2D eigenvalue weighted by molar-refractivity contribution is -0.144. The molecule has 0 saturated carbocycles. The molecular formula is C34H66O4S2. The van der Waals surface area contributed by atoms with Gasteiger partial charge < -0.3 is 9.47 Å². The van der Waals surface area contributed by atoms with Crippen LogP contribution < -0.4 is 0 Å². The zero-order chi connectivity index (χ0) is 29.2. The second kappa shape index (κ2) is 34.8. The van der Waals surface area contributed by atoms with Crippen LogP contribution in [0, 0.1) is 0 Å². The van der Waals surface area contributed by atoms with Gasteiger partial charge in [0.1, 0.15) is 13.2 Å². The van der Waals surface area contributed by atoms with Crippen molar-refractivity contribution < 1.29 is 19.1 Å². The van der Waals surface area contributed by atoms with Crippen LogP contribution in [0.5, 0.6) is 0 Å². The maximum absolute atomic E-state index is 11.9. The minimum Gasteiger partial charge on any atom is -0.465 e. The molecule has 0 aliphatic carbocycles. The molecule has 0 N–H and O–H groups in total. The Balaban J connectivity index is 3.25. The average molecular weight is 603 g/mol. The number of carbonyl (C=O) groups excluding carboxylic acids is 2. The van der Waals surface area contributed by atoms with E-state index in [0.29, 0.717) is 26.1 Å². The highest BCUT2D eigenvalue weighted by molar-refractivity contribution is 8.76. The molecule has 0 rings (SSSR count). The molecule has 238 valence electrons. The van der Waals surface area contributed by atoms with Crippen LogP contribution in [0.4, 0.5) is 0 Å². The first-order chi connectivity index (χ1) is 19.7. The van der Waals surface area contributed by atoms with Gasteiger partial charge in [0.15, 0.2) is 0 Å². The van der Waals surface area contributed by atoms with Gasteiger partial charge in [0, 0.05) is 24.3 Å². The van der Waals surface area contributed by atoms with Gasteiger partial charge in [-0.05, 0) is 12.8 Å². The van der Waals surface area contributed by atoms with Gasteiger partial charge in [-0.3, -0.25) is 9.59 Å². The van der Waals surface area contributed by atoms with Gasteiger partial charge in [-0.1, -0.05) is 177 Å². The number of esters is 2. The maximum atomic E-state index is 11.9. The third-order valence-corrected chi connectivity index (χ3v) is 9.75. The van der Waals surface area contributed by atoms with E-state index in [2.05, 4.69) is 13.8 Å². The van der Waals surface area contributed by atoms with E-state index in [1.165, 1.54) is 128 Å². The smallest absolute Gasteiger partial charge is 0.305 e. The number of hydrogen-bond acceptors (Lipinski definition) is 6. The van der Waals surface area contributed by atoms with E-state index in [1.54, 1.807) is 21.6 Å². The van der Waals surface area contributed by atoms with Gasteiger partial charge in [0.25, 0.3) is 0 Å². The lowest BCUT2D eigenvalue weighted by Gasteiger charge is -2.06. The van der Waals surface area contributed by atoms with Crippen molar-refractivity contribution in [1.29, 1.82) is 0 Å². The number of rotatable bonds is 33. The molecule has 4 nitrogen and oxygen atoms in total. The Labute approximate surface area is 257 Å². The van der Waals surface area contributed by atoms with Gasteiger partial charge in [-0.25, -0.2) is 0 Å². The van der Waals surface area contributed by atoms with Crippen LogP contribution in [0.15, 0.2) is 0 Å². The lowest BCUT2D eigenvalue weighted by atomic mass is 10.0. The highest BCUT2D eigenvalue weighted by Crippen LogP contribution is 2.20. The summed E-state index contributed by atoms with van der Waals surface area (Å²) in [5, 5.41) is 0. The summed E-state index contributed by atoms with van der Waals surface area (Å²) in [4.78, 5) is 23.7. The SMILES string of the molecule is CCCCCCCCCCCCCCC(=O)OCCSSCCOC(=O)CCCCCCCCCCCCCC. The third-order valence-electron chi connectivity index (χ3n) is 7.41. The fraction of sp³-hybridized carbons (Fsp3) is 0.941. The summed E-state index contributed by atoms with van der Waals surface area (Å²) in [6.45, 7) is 5.47. The molecule has 0 aliphatic heterocycles. The minimum absolute atomic E-state index is 0.0654. The van der Waals surface area contributed by atoms with E-state index in [-0.39, 0.29) is 11.9 Å². The van der Waals surface area contributed by atoms with Crippen LogP contribution in [0.2, 0.25) is 0 Å². The Hall–Kier alpha value is -0.360. The standard InChI is InChI=1S/C34H66O4S2/c1-3-5-7-9-11-13-15-17-19-21-23-25-27-33(35)37-29-31-39-40-32-30-38-34(36)28-26-24-22-20-18-16-14-12-10-8-6-4-2/h3-32H2,1-2H3. The summed E-state index contributed by atoms with van der Waals surface area (Å²) in [5.41, 5.74) is 0. The minimum atomic E-state index is -0.0654. The van der Waals surface area contributed by atoms with E-state index in [4.69, 9.17) is 9.47 Å². The molecule has 0 bridgehead atoms. The molecule has 0 aromatic rings. The molecular weight excluding hydrogens is 537 g/mol. The first-order valence-corrected chi connectivity index (χ1v) is 19.7. The van der Waals surface area contributed by atoms with Crippen molar-refractivity contribution in [3.63, 3.8) is 0 Å². The van der Waals surface area contributed by atoms with Crippen molar-refractivity contribution in [1.82, 2.24) is 0 Å². The van der Waals surface area contributed by atoms with Gasteiger partial charge in [-0.2, -0.15) is 0 Å². The van der Waals surface area contributed by atoms with Crippen molar-refractivity contribution in [2.24, 2.45) is 0 Å². The van der Waals surface area contributed by atoms with Gasteiger partial charge in [0.2, 0.25) is 0 Å². The largest absolute Gasteiger partial charge is 0.465 e. The van der Waals surface area contributed by atoms with Crippen LogP contribution in [-0.2, 0) is 19.1 Å². The van der Waals surface area contributed by atoms with Crippen LogP contribution in [0.25, 0.3) is 0 Å². The van der Waals surface area contributed by atoms with Crippen LogP contribution in [0.1, 0.15) is 181 Å². The van der Waals surface area contributed by atoms with Crippen molar-refractivity contribution in [3.05, 3.63) is 0 Å². The number of hydrogen-bond donors (Lipinski definition) is 0. The van der Waals surface area contributed by atoms with Crippen LogP contribution >= 0.6 is 21.6 Å². The molecule has 0 aromatic heterocycles. The summed E-state index contributed by atoms with van der Waals surface area (Å²) in [6, 6.07) is 0. The van der Waals surface area contributed by atoms with Gasteiger partial charge in [0.05, 0.1) is 0 Å². The molecule has 0 fully saturated rings. The highest BCUT2D eigenvalue weighted by atomic mass is 33.1. The third kappa shape index (κ3) is 33.8. The summed E-state index contributed by atoms with van der Waals surface area (Å²) in [6.07, 6.45) is 32.3. The Bertz CT molecular complexity index is 484. The predicted octanol–water partition coefficient (Wildman–Crippen LogP) is 11.6. The second-order valence-electron chi connectivity index (χ2n) is 11.4. The molecule has 0 radical (unpaired) electrons. The second-order valence-corrected chi connectivity index (χ2v) is 14.1. The topological polar surface area (TPSA) is 52.6 Å². The van der Waals surface area contributed by atoms with E-state index in [0.717, 1.165) is 37.2 Å². The molecule has 0 spiro atoms. The van der Waals surface area contributed by atoms with Gasteiger partial charge in [-0.15, -0.1) is 0 Å². The number of carbonyl (C=O) groups is 2. The lowest BCUT2D eigenvalue weighted by Crippen LogP contribution is -2.08. The molecule has 0 aromatic carbocycles. The van der Waals surface area contributed by atoms with E-state index in [1.807, 2.05) is 0 Å². The van der Waals surface area contributed by atoms with Gasteiger partial charge >= 0.3 is 11.9 Å². The monoisotopic (exact) mass is 602 g/mol. The quantitative estimate of drug-likeness (QED) is 0.0423. The molecule has 0 saturated heterocycles. The zero-order valence-corrected chi connectivity index (χ0v) is 28.3. The van der Waals surface area contributed by atoms with E-state index in [9.17, 15) is 9.59 Å².